The molecule has 0 aliphatic carbocycles. The van der Waals surface area contributed by atoms with Crippen molar-refractivity contribution in [3.63, 3.8) is 0 Å². The average Bonchev–Trinajstić information content (AvgIpc) is 2.81. The van der Waals surface area contributed by atoms with Gasteiger partial charge in [-0.3, -0.25) is 4.79 Å². The van der Waals surface area contributed by atoms with Crippen LogP contribution in [0.25, 0.3) is 0 Å². The molecule has 39 heavy (non-hydrogen) atoms. The van der Waals surface area contributed by atoms with Crippen molar-refractivity contribution in [2.75, 3.05) is 13.2 Å². The maximum Gasteiger partial charge on any atom is 0.335 e. The summed E-state index contributed by atoms with van der Waals surface area (Å²) < 4.78 is 10.5. The van der Waals surface area contributed by atoms with E-state index in [1.54, 1.807) is 0 Å². The second-order valence-corrected chi connectivity index (χ2v) is 26.3. The molecule has 0 rings (SSSR count). The zero-order chi connectivity index (χ0) is 30.4. The first-order valence-corrected chi connectivity index (χ1v) is 20.9. The lowest BCUT2D eigenvalue weighted by molar-refractivity contribution is -0.160. The molecular weight excluding hydrogens is 521 g/mol. The molecule has 0 aromatic carbocycles. The summed E-state index contributed by atoms with van der Waals surface area (Å²) in [5.41, 5.74) is 4.55. The molecular formula is C32H66O5Si2. The van der Waals surface area contributed by atoms with Crippen LogP contribution in [0.3, 0.4) is 0 Å². The van der Waals surface area contributed by atoms with Gasteiger partial charge in [-0.1, -0.05) is 154 Å². The Labute approximate surface area is 244 Å². The highest BCUT2D eigenvalue weighted by Gasteiger charge is 2.42. The van der Waals surface area contributed by atoms with Gasteiger partial charge in [0.2, 0.25) is 0 Å². The van der Waals surface area contributed by atoms with Crippen LogP contribution in [-0.2, 0) is 19.1 Å². The lowest BCUT2D eigenvalue weighted by atomic mass is 10.2. The van der Waals surface area contributed by atoms with E-state index in [-0.39, 0.29) is 6.42 Å². The minimum atomic E-state index is -1.45. The van der Waals surface area contributed by atoms with Gasteiger partial charge in [-0.15, -0.1) is 0 Å². The molecule has 232 valence electrons. The van der Waals surface area contributed by atoms with Gasteiger partial charge >= 0.3 is 11.9 Å². The average molecular weight is 587 g/mol. The quantitative estimate of drug-likeness (QED) is 0.0823. The summed E-state index contributed by atoms with van der Waals surface area (Å²) in [6.07, 6.45) is 4.19. The number of hydrogen-bond donors (Lipinski definition) is 1. The summed E-state index contributed by atoms with van der Waals surface area (Å²) >= 11 is 0. The van der Waals surface area contributed by atoms with Crippen molar-refractivity contribution in [3.05, 3.63) is 0 Å². The molecule has 0 fully saturated rings. The van der Waals surface area contributed by atoms with Crippen LogP contribution in [0, 0.1) is 0 Å². The van der Waals surface area contributed by atoms with E-state index < -0.39 is 34.2 Å². The highest BCUT2D eigenvalue weighted by molar-refractivity contribution is 6.84. The number of unbranched alkanes of at least 4 members (excludes halogenated alkanes) is 4. The standard InChI is InChI=1S/C32H66O5Si2/c1-24(2)38(25(3)4,26(5)6)21-17-13-15-19-36-31(34)23-30(33)32(35)37-20-16-14-18-22-39(27(7)8,28(9)10)29(11)12/h24-30,33H,13-23H2,1-12H3. The summed E-state index contributed by atoms with van der Waals surface area (Å²) in [6.45, 7) is 29.3. The summed E-state index contributed by atoms with van der Waals surface area (Å²) in [7, 11) is -2.76. The van der Waals surface area contributed by atoms with E-state index in [2.05, 4.69) is 83.1 Å². The molecule has 0 bridgehead atoms. The van der Waals surface area contributed by atoms with Crippen molar-refractivity contribution < 1.29 is 24.2 Å². The number of aliphatic hydroxyl groups is 1. The molecule has 0 saturated carbocycles. The molecule has 5 nitrogen and oxygen atoms in total. The van der Waals surface area contributed by atoms with E-state index in [9.17, 15) is 14.7 Å². The number of carbonyl (C=O) groups excluding carboxylic acids is 2. The SMILES string of the molecule is CC(C)[Si](CCCCCOC(=O)CC(O)C(=O)OCCCCC[Si](C(C)C)(C(C)C)C(C)C)(C(C)C)C(C)C. The molecule has 0 heterocycles. The van der Waals surface area contributed by atoms with Gasteiger partial charge in [0.25, 0.3) is 0 Å². The molecule has 7 heteroatoms. The Morgan fingerprint density at radius 1 is 0.538 bits per heavy atom. The smallest absolute Gasteiger partial charge is 0.335 e. The van der Waals surface area contributed by atoms with Crippen molar-refractivity contribution in [2.24, 2.45) is 0 Å². The van der Waals surface area contributed by atoms with E-state index in [0.717, 1.165) is 65.4 Å². The molecule has 0 saturated heterocycles. The number of carbonyl (C=O) groups is 2. The van der Waals surface area contributed by atoms with E-state index in [1.807, 2.05) is 0 Å². The molecule has 1 atom stereocenters. The fraction of sp³-hybridized carbons (Fsp3) is 0.938. The zero-order valence-corrected chi connectivity index (χ0v) is 29.9. The number of rotatable bonds is 21. The molecule has 1 unspecified atom stereocenters. The lowest BCUT2D eigenvalue weighted by Gasteiger charge is -2.43. The molecule has 0 aromatic rings. The first kappa shape index (κ1) is 38.3. The van der Waals surface area contributed by atoms with E-state index in [1.165, 1.54) is 18.5 Å². The van der Waals surface area contributed by atoms with E-state index in [0.29, 0.717) is 13.2 Å². The number of aliphatic hydroxyl groups excluding tert-OH is 1. The van der Waals surface area contributed by atoms with Crippen LogP contribution in [0.5, 0.6) is 0 Å². The predicted molar refractivity (Wildman–Crippen MR) is 172 cm³/mol. The third kappa shape index (κ3) is 11.6. The largest absolute Gasteiger partial charge is 0.466 e. The Bertz CT molecular complexity index is 644. The predicted octanol–water partition coefficient (Wildman–Crippen LogP) is 9.52. The summed E-state index contributed by atoms with van der Waals surface area (Å²) in [4.78, 5) is 24.3. The third-order valence-electron chi connectivity index (χ3n) is 10.1. The van der Waals surface area contributed by atoms with Crippen molar-refractivity contribution in [1.29, 1.82) is 0 Å². The molecule has 0 radical (unpaired) electrons. The van der Waals surface area contributed by atoms with Crippen LogP contribution in [0.15, 0.2) is 0 Å². The Balaban J connectivity index is 4.25. The van der Waals surface area contributed by atoms with Gasteiger partial charge in [-0.25, -0.2) is 4.79 Å². The van der Waals surface area contributed by atoms with Gasteiger partial charge in [-0.05, 0) is 12.8 Å². The number of hydrogen-bond acceptors (Lipinski definition) is 5. The van der Waals surface area contributed by atoms with Crippen LogP contribution in [0.1, 0.15) is 128 Å². The van der Waals surface area contributed by atoms with Gasteiger partial charge in [0.05, 0.1) is 35.8 Å². The second kappa shape index (κ2) is 18.7. The van der Waals surface area contributed by atoms with Gasteiger partial charge in [-0.2, -0.15) is 0 Å². The van der Waals surface area contributed by atoms with Crippen molar-refractivity contribution in [2.45, 2.75) is 179 Å². The highest BCUT2D eigenvalue weighted by atomic mass is 28.3. The van der Waals surface area contributed by atoms with Crippen molar-refractivity contribution in [3.8, 4) is 0 Å². The molecule has 1 N–H and O–H groups in total. The van der Waals surface area contributed by atoms with Gasteiger partial charge in [0, 0.05) is 0 Å². The van der Waals surface area contributed by atoms with Crippen molar-refractivity contribution >= 4 is 28.1 Å². The van der Waals surface area contributed by atoms with Crippen LogP contribution < -0.4 is 0 Å². The Morgan fingerprint density at radius 2 is 0.872 bits per heavy atom. The lowest BCUT2D eigenvalue weighted by Crippen LogP contribution is -2.44. The zero-order valence-electron chi connectivity index (χ0n) is 27.9. The molecule has 0 aliphatic heterocycles. The van der Waals surface area contributed by atoms with Crippen LogP contribution in [0.4, 0.5) is 0 Å². The minimum Gasteiger partial charge on any atom is -0.466 e. The van der Waals surface area contributed by atoms with Crippen molar-refractivity contribution in [1.82, 2.24) is 0 Å². The highest BCUT2D eigenvalue weighted by Crippen LogP contribution is 2.46. The Morgan fingerprint density at radius 3 is 1.21 bits per heavy atom. The van der Waals surface area contributed by atoms with Gasteiger partial charge in [0.1, 0.15) is 0 Å². The molecule has 0 amide bonds. The monoisotopic (exact) mass is 586 g/mol. The van der Waals surface area contributed by atoms with E-state index >= 15 is 0 Å². The third-order valence-corrected chi connectivity index (χ3v) is 25.4. The van der Waals surface area contributed by atoms with Gasteiger partial charge < -0.3 is 14.6 Å². The normalized spacial score (nSPS) is 13.8. The first-order valence-electron chi connectivity index (χ1n) is 16.1. The van der Waals surface area contributed by atoms with Crippen LogP contribution >= 0.6 is 0 Å². The molecule has 0 aromatic heterocycles. The summed E-state index contributed by atoms with van der Waals surface area (Å²) in [6, 6.07) is 2.62. The minimum absolute atomic E-state index is 0.290. The summed E-state index contributed by atoms with van der Waals surface area (Å²) in [5.74, 6) is -1.26. The Hall–Kier alpha value is -0.666. The molecule has 0 spiro atoms. The number of ether oxygens (including phenoxy) is 2. The van der Waals surface area contributed by atoms with E-state index in [4.69, 9.17) is 9.47 Å². The first-order chi connectivity index (χ1) is 18.1. The number of esters is 2. The van der Waals surface area contributed by atoms with Crippen LogP contribution in [-0.4, -0.2) is 52.5 Å². The maximum atomic E-state index is 12.1. The fourth-order valence-corrected chi connectivity index (χ4v) is 21.1. The maximum absolute atomic E-state index is 12.1. The van der Waals surface area contributed by atoms with Crippen LogP contribution in [0.2, 0.25) is 45.3 Å². The van der Waals surface area contributed by atoms with Gasteiger partial charge in [0.15, 0.2) is 6.10 Å². The fourth-order valence-electron chi connectivity index (χ4n) is 7.91. The topological polar surface area (TPSA) is 72.8 Å². The molecule has 0 aliphatic rings. The second-order valence-electron chi connectivity index (χ2n) is 13.9. The summed E-state index contributed by atoms with van der Waals surface area (Å²) in [5, 5.41) is 10.1. The Kier molecular flexibility index (Phi) is 18.4.